The van der Waals surface area contributed by atoms with E-state index in [9.17, 15) is 9.90 Å². The Labute approximate surface area is 164 Å². The lowest BCUT2D eigenvalue weighted by Crippen LogP contribution is -2.58. The summed E-state index contributed by atoms with van der Waals surface area (Å²) in [6.07, 6.45) is 5.68. The number of hydrogen-bond donors (Lipinski definition) is 2. The van der Waals surface area contributed by atoms with Gasteiger partial charge in [-0.1, -0.05) is 13.0 Å². The monoisotopic (exact) mass is 382 g/mol. The van der Waals surface area contributed by atoms with Crippen molar-refractivity contribution < 1.29 is 19.7 Å². The van der Waals surface area contributed by atoms with Gasteiger partial charge >= 0.3 is 5.97 Å². The van der Waals surface area contributed by atoms with Gasteiger partial charge in [0.15, 0.2) is 0 Å². The maximum Gasteiger partial charge on any atom is 0.337 e. The highest BCUT2D eigenvalue weighted by Gasteiger charge is 2.50. The Morgan fingerprint density at radius 1 is 1.36 bits per heavy atom. The molecular formula is C22H26N2O4. The van der Waals surface area contributed by atoms with Gasteiger partial charge in [-0.15, -0.1) is 0 Å². The number of ether oxygens (including phenoxy) is 1. The van der Waals surface area contributed by atoms with Crippen LogP contribution in [0.25, 0.3) is 0 Å². The van der Waals surface area contributed by atoms with E-state index >= 15 is 0 Å². The molecule has 4 rings (SSSR count). The second kappa shape index (κ2) is 7.09. The van der Waals surface area contributed by atoms with Crippen LogP contribution in [0.4, 0.5) is 0 Å². The summed E-state index contributed by atoms with van der Waals surface area (Å²) in [6.45, 7) is 3.79. The highest BCUT2D eigenvalue weighted by atomic mass is 16.5. The molecule has 148 valence electrons. The zero-order valence-corrected chi connectivity index (χ0v) is 16.3. The lowest BCUT2D eigenvalue weighted by atomic mass is 9.56. The average molecular weight is 382 g/mol. The molecule has 2 heterocycles. The quantitative estimate of drug-likeness (QED) is 0.827. The molecule has 1 aliphatic heterocycles. The molecule has 2 bridgehead atoms. The van der Waals surface area contributed by atoms with Crippen LogP contribution in [0, 0.1) is 5.92 Å². The molecule has 0 spiro atoms. The van der Waals surface area contributed by atoms with Crippen LogP contribution >= 0.6 is 0 Å². The summed E-state index contributed by atoms with van der Waals surface area (Å²) in [6, 6.07) is 7.74. The number of carbonyl (C=O) groups is 1. The lowest BCUT2D eigenvalue weighted by molar-refractivity contribution is 0.0284. The van der Waals surface area contributed by atoms with Crippen LogP contribution in [-0.2, 0) is 11.8 Å². The minimum absolute atomic E-state index is 0.0542. The largest absolute Gasteiger partial charge is 0.508 e. The molecule has 1 saturated heterocycles. The number of nitrogens with zero attached hydrogens (tertiary/aromatic N) is 2. The molecule has 0 amide bonds. The molecule has 1 aliphatic carbocycles. The fourth-order valence-corrected chi connectivity index (χ4v) is 5.12. The second-order valence-corrected chi connectivity index (χ2v) is 8.10. The van der Waals surface area contributed by atoms with Crippen molar-refractivity contribution in [3.05, 3.63) is 53.3 Å². The molecule has 1 aromatic heterocycles. The Hall–Kier alpha value is -2.60. The summed E-state index contributed by atoms with van der Waals surface area (Å²) in [5.41, 5.74) is 2.62. The minimum Gasteiger partial charge on any atom is -0.508 e. The number of likely N-dealkylation sites (tertiary alicyclic amines) is 1. The second-order valence-electron chi connectivity index (χ2n) is 8.10. The van der Waals surface area contributed by atoms with E-state index in [0.717, 1.165) is 25.8 Å². The molecule has 6 heteroatoms. The van der Waals surface area contributed by atoms with Crippen molar-refractivity contribution in [1.82, 2.24) is 9.88 Å². The molecule has 0 radical (unpaired) electrons. The number of phenols is 1. The van der Waals surface area contributed by atoms with Gasteiger partial charge in [-0.2, -0.15) is 0 Å². The van der Waals surface area contributed by atoms with Crippen LogP contribution < -0.4 is 4.74 Å². The average Bonchev–Trinajstić information content (AvgIpc) is 2.67. The van der Waals surface area contributed by atoms with E-state index in [-0.39, 0.29) is 11.0 Å². The molecule has 6 nitrogen and oxygen atoms in total. The number of piperidine rings is 1. The minimum atomic E-state index is -1.01. The number of aromatic nitrogens is 1. The first-order valence-electron chi connectivity index (χ1n) is 9.74. The van der Waals surface area contributed by atoms with Gasteiger partial charge in [0, 0.05) is 17.7 Å². The number of pyridine rings is 1. The number of rotatable bonds is 5. The molecule has 0 saturated carbocycles. The Morgan fingerprint density at radius 2 is 2.18 bits per heavy atom. The molecular weight excluding hydrogens is 356 g/mol. The van der Waals surface area contributed by atoms with Crippen LogP contribution in [-0.4, -0.2) is 52.3 Å². The smallest absolute Gasteiger partial charge is 0.337 e. The number of aromatic hydroxyl groups is 1. The third kappa shape index (κ3) is 3.11. The molecule has 2 aromatic rings. The van der Waals surface area contributed by atoms with E-state index in [1.54, 1.807) is 12.3 Å². The standard InChI is InChI=1S/C22H26N2O4/c1-14-20-10-15-3-4-17(25)11-19(15)22(14,5-7-24(20)2)6-8-28-18-9-16(21(26)27)12-23-13-18/h3-4,9,11-14,20,25H,5-8,10H2,1-2H3,(H,26,27)/t14-,20+,22+/m0/s1. The number of aromatic carboxylic acids is 1. The van der Waals surface area contributed by atoms with Crippen LogP contribution in [0.3, 0.4) is 0 Å². The first-order chi connectivity index (χ1) is 13.4. The van der Waals surface area contributed by atoms with E-state index in [2.05, 4.69) is 29.9 Å². The predicted octanol–water partition coefficient (Wildman–Crippen LogP) is 3.09. The molecule has 1 aromatic carbocycles. The summed E-state index contributed by atoms with van der Waals surface area (Å²) >= 11 is 0. The van der Waals surface area contributed by atoms with Gasteiger partial charge in [0.1, 0.15) is 11.5 Å². The van der Waals surface area contributed by atoms with Crippen LogP contribution in [0.15, 0.2) is 36.7 Å². The first-order valence-corrected chi connectivity index (χ1v) is 9.74. The zero-order chi connectivity index (χ0) is 19.9. The number of likely N-dealkylation sites (N-methyl/N-ethyl adjacent to an activating group) is 1. The number of phenolic OH excluding ortho intramolecular Hbond substituents is 1. The van der Waals surface area contributed by atoms with Crippen molar-refractivity contribution in [3.8, 4) is 11.5 Å². The fourth-order valence-electron chi connectivity index (χ4n) is 5.12. The Kier molecular flexibility index (Phi) is 4.75. The van der Waals surface area contributed by atoms with Gasteiger partial charge in [-0.05, 0) is 68.1 Å². The fraction of sp³-hybridized carbons (Fsp3) is 0.455. The van der Waals surface area contributed by atoms with Gasteiger partial charge in [-0.3, -0.25) is 4.98 Å². The Balaban J connectivity index is 1.59. The third-order valence-corrected chi connectivity index (χ3v) is 6.76. The van der Waals surface area contributed by atoms with E-state index < -0.39 is 5.97 Å². The molecule has 2 aliphatic rings. The highest BCUT2D eigenvalue weighted by Crippen LogP contribution is 2.51. The number of carboxylic acid groups (broad SMARTS) is 1. The van der Waals surface area contributed by atoms with Crippen molar-refractivity contribution in [2.75, 3.05) is 20.2 Å². The van der Waals surface area contributed by atoms with E-state index in [1.165, 1.54) is 23.4 Å². The summed E-state index contributed by atoms with van der Waals surface area (Å²) in [4.78, 5) is 17.5. The van der Waals surface area contributed by atoms with Crippen LogP contribution in [0.2, 0.25) is 0 Å². The Morgan fingerprint density at radius 3 is 2.96 bits per heavy atom. The molecule has 3 atom stereocenters. The van der Waals surface area contributed by atoms with E-state index in [1.807, 2.05) is 6.07 Å². The zero-order valence-electron chi connectivity index (χ0n) is 16.3. The first kappa shape index (κ1) is 18.7. The molecule has 28 heavy (non-hydrogen) atoms. The molecule has 0 unspecified atom stereocenters. The number of fused-ring (bicyclic) bond motifs is 4. The number of benzene rings is 1. The van der Waals surface area contributed by atoms with Crippen LogP contribution in [0.5, 0.6) is 11.5 Å². The number of hydrogen-bond acceptors (Lipinski definition) is 5. The normalized spacial score (nSPS) is 26.5. The summed E-state index contributed by atoms with van der Waals surface area (Å²) in [7, 11) is 2.19. The topological polar surface area (TPSA) is 82.9 Å². The van der Waals surface area contributed by atoms with Gasteiger partial charge in [-0.25, -0.2) is 4.79 Å². The predicted molar refractivity (Wildman–Crippen MR) is 105 cm³/mol. The SMILES string of the molecule is C[C@H]1[C@H]2Cc3ccc(O)cc3[C@@]1(CCOc1cncc(C(=O)O)c1)CCN2C. The van der Waals surface area contributed by atoms with Gasteiger partial charge in [0.25, 0.3) is 0 Å². The lowest BCUT2D eigenvalue weighted by Gasteiger charge is -2.55. The van der Waals surface area contributed by atoms with E-state index in [4.69, 9.17) is 9.84 Å². The van der Waals surface area contributed by atoms with Crippen molar-refractivity contribution in [3.63, 3.8) is 0 Å². The number of carboxylic acids is 1. The van der Waals surface area contributed by atoms with Crippen LogP contribution in [0.1, 0.15) is 41.3 Å². The summed E-state index contributed by atoms with van der Waals surface area (Å²) in [5, 5.41) is 19.2. The highest BCUT2D eigenvalue weighted by molar-refractivity contribution is 5.87. The van der Waals surface area contributed by atoms with Crippen molar-refractivity contribution >= 4 is 5.97 Å². The van der Waals surface area contributed by atoms with E-state index in [0.29, 0.717) is 30.1 Å². The maximum atomic E-state index is 11.1. The van der Waals surface area contributed by atoms with Crippen molar-refractivity contribution in [2.45, 2.75) is 37.6 Å². The maximum absolute atomic E-state index is 11.1. The van der Waals surface area contributed by atoms with Crippen molar-refractivity contribution in [2.24, 2.45) is 5.92 Å². The Bertz CT molecular complexity index is 900. The van der Waals surface area contributed by atoms with Gasteiger partial charge < -0.3 is 19.8 Å². The van der Waals surface area contributed by atoms with Crippen molar-refractivity contribution in [1.29, 1.82) is 0 Å². The molecule has 1 fully saturated rings. The molecule has 2 N–H and O–H groups in total. The third-order valence-electron chi connectivity index (χ3n) is 6.76. The summed E-state index contributed by atoms with van der Waals surface area (Å²) in [5.74, 6) is 0.204. The van der Waals surface area contributed by atoms with Gasteiger partial charge in [0.2, 0.25) is 0 Å². The van der Waals surface area contributed by atoms with Gasteiger partial charge in [0.05, 0.1) is 18.4 Å². The summed E-state index contributed by atoms with van der Waals surface area (Å²) < 4.78 is 5.90.